The molecule has 0 atom stereocenters. The molecule has 0 saturated heterocycles. The van der Waals surface area contributed by atoms with E-state index in [1.54, 1.807) is 0 Å². The average molecular weight is 297 g/mol. The molecule has 0 aliphatic rings. The number of hydrogen-bond donors (Lipinski definition) is 1. The highest BCUT2D eigenvalue weighted by Crippen LogP contribution is 2.13. The van der Waals surface area contributed by atoms with Gasteiger partial charge in [-0.3, -0.25) is 4.68 Å². The Kier molecular flexibility index (Phi) is 3.96. The second kappa shape index (κ2) is 5.37. The van der Waals surface area contributed by atoms with Gasteiger partial charge in [0.15, 0.2) is 5.03 Å². The first-order valence-electron chi connectivity index (χ1n) is 6.47. The van der Waals surface area contributed by atoms with Gasteiger partial charge in [-0.1, -0.05) is 6.92 Å². The number of aromatic nitrogens is 4. The molecule has 0 aromatic carbocycles. The normalized spacial score (nSPS) is 12.0. The third-order valence-electron chi connectivity index (χ3n) is 3.06. The van der Waals surface area contributed by atoms with E-state index in [2.05, 4.69) is 10.1 Å². The number of sulfonamides is 1. The zero-order valence-corrected chi connectivity index (χ0v) is 12.7. The monoisotopic (exact) mass is 297 g/mol. The molecule has 0 aliphatic heterocycles. The average Bonchev–Trinajstić information content (AvgIpc) is 2.92. The van der Waals surface area contributed by atoms with Crippen molar-refractivity contribution in [2.24, 2.45) is 5.14 Å². The molecule has 0 fully saturated rings. The summed E-state index contributed by atoms with van der Waals surface area (Å²) in [5.74, 6) is 0.690. The van der Waals surface area contributed by atoms with Gasteiger partial charge in [0.1, 0.15) is 5.82 Å². The molecular formula is C12H19N5O2S. The standard InChI is InChI=1S/C12H19N5O2S/c1-4-11-14-12(20(13,18)19)8-16(11)7-10-6-9(3)15-17(10)5-2/h6,8H,4-5,7H2,1-3H3,(H2,13,18,19). The Morgan fingerprint density at radius 1 is 1.35 bits per heavy atom. The van der Waals surface area contributed by atoms with Gasteiger partial charge >= 0.3 is 0 Å². The van der Waals surface area contributed by atoms with E-state index >= 15 is 0 Å². The van der Waals surface area contributed by atoms with Crippen molar-refractivity contribution < 1.29 is 8.42 Å². The Balaban J connectivity index is 2.40. The van der Waals surface area contributed by atoms with E-state index in [1.807, 2.05) is 36.1 Å². The maximum absolute atomic E-state index is 11.4. The molecule has 2 aromatic rings. The van der Waals surface area contributed by atoms with Crippen molar-refractivity contribution in [3.8, 4) is 0 Å². The number of nitrogens with two attached hydrogens (primary N) is 1. The molecule has 2 heterocycles. The summed E-state index contributed by atoms with van der Waals surface area (Å²) < 4.78 is 26.5. The van der Waals surface area contributed by atoms with Crippen LogP contribution < -0.4 is 5.14 Å². The van der Waals surface area contributed by atoms with Gasteiger partial charge < -0.3 is 4.57 Å². The van der Waals surface area contributed by atoms with Crippen LogP contribution in [0.5, 0.6) is 0 Å². The van der Waals surface area contributed by atoms with E-state index in [4.69, 9.17) is 5.14 Å². The van der Waals surface area contributed by atoms with Gasteiger partial charge in [-0.15, -0.1) is 0 Å². The number of rotatable bonds is 5. The van der Waals surface area contributed by atoms with Crippen molar-refractivity contribution in [1.82, 2.24) is 19.3 Å². The Morgan fingerprint density at radius 2 is 2.05 bits per heavy atom. The van der Waals surface area contributed by atoms with Crippen molar-refractivity contribution in [3.05, 3.63) is 29.5 Å². The second-order valence-electron chi connectivity index (χ2n) is 4.61. The van der Waals surface area contributed by atoms with Crippen LogP contribution in [-0.4, -0.2) is 27.7 Å². The number of primary sulfonamides is 1. The van der Waals surface area contributed by atoms with E-state index < -0.39 is 10.0 Å². The molecule has 0 radical (unpaired) electrons. The summed E-state index contributed by atoms with van der Waals surface area (Å²) in [6.45, 7) is 7.16. The van der Waals surface area contributed by atoms with Crippen LogP contribution >= 0.6 is 0 Å². The number of aryl methyl sites for hydroxylation is 3. The largest absolute Gasteiger partial charge is 0.328 e. The van der Waals surface area contributed by atoms with Crippen molar-refractivity contribution >= 4 is 10.0 Å². The number of imidazole rings is 1. The third-order valence-corrected chi connectivity index (χ3v) is 3.84. The highest BCUT2D eigenvalue weighted by molar-refractivity contribution is 7.89. The van der Waals surface area contributed by atoms with Crippen LogP contribution in [0.3, 0.4) is 0 Å². The minimum Gasteiger partial charge on any atom is -0.328 e. The van der Waals surface area contributed by atoms with Crippen LogP contribution in [0.15, 0.2) is 17.3 Å². The fourth-order valence-electron chi connectivity index (χ4n) is 2.16. The van der Waals surface area contributed by atoms with Crippen LogP contribution in [-0.2, 0) is 29.5 Å². The minimum absolute atomic E-state index is 0.0892. The Bertz CT molecular complexity index is 714. The molecule has 0 spiro atoms. The summed E-state index contributed by atoms with van der Waals surface area (Å²) >= 11 is 0. The van der Waals surface area contributed by atoms with Crippen LogP contribution in [0.25, 0.3) is 0 Å². The third kappa shape index (κ3) is 2.91. The zero-order valence-electron chi connectivity index (χ0n) is 11.9. The molecule has 0 aliphatic carbocycles. The molecule has 0 amide bonds. The second-order valence-corrected chi connectivity index (χ2v) is 6.12. The van der Waals surface area contributed by atoms with Crippen molar-refractivity contribution in [2.45, 2.75) is 45.3 Å². The van der Waals surface area contributed by atoms with E-state index in [0.717, 1.165) is 17.9 Å². The fourth-order valence-corrected chi connectivity index (χ4v) is 2.67. The molecule has 2 N–H and O–H groups in total. The van der Waals surface area contributed by atoms with E-state index in [1.165, 1.54) is 6.20 Å². The van der Waals surface area contributed by atoms with Crippen LogP contribution in [0, 0.1) is 6.92 Å². The number of hydrogen-bond acceptors (Lipinski definition) is 4. The van der Waals surface area contributed by atoms with Crippen LogP contribution in [0.2, 0.25) is 0 Å². The molecule has 0 unspecified atom stereocenters. The van der Waals surface area contributed by atoms with Gasteiger partial charge in [0.05, 0.1) is 17.9 Å². The molecule has 2 rings (SSSR count). The predicted octanol–water partition coefficient (Wildman–Crippen LogP) is 0.666. The van der Waals surface area contributed by atoms with E-state index in [0.29, 0.717) is 18.8 Å². The summed E-state index contributed by atoms with van der Waals surface area (Å²) in [5, 5.41) is 9.41. The lowest BCUT2D eigenvalue weighted by Crippen LogP contribution is -2.12. The Hall–Kier alpha value is -1.67. The maximum atomic E-state index is 11.4. The number of nitrogens with zero attached hydrogens (tertiary/aromatic N) is 4. The smallest absolute Gasteiger partial charge is 0.257 e. The van der Waals surface area contributed by atoms with Gasteiger partial charge in [0.25, 0.3) is 10.0 Å². The molecule has 0 saturated carbocycles. The molecular weight excluding hydrogens is 278 g/mol. The van der Waals surface area contributed by atoms with Crippen molar-refractivity contribution in [1.29, 1.82) is 0 Å². The lowest BCUT2D eigenvalue weighted by atomic mass is 10.3. The molecule has 7 nitrogen and oxygen atoms in total. The molecule has 2 aromatic heterocycles. The first kappa shape index (κ1) is 14.7. The Morgan fingerprint density at radius 3 is 2.60 bits per heavy atom. The summed E-state index contributed by atoms with van der Waals surface area (Å²) in [6, 6.07) is 1.99. The summed E-state index contributed by atoms with van der Waals surface area (Å²) in [5.41, 5.74) is 1.95. The zero-order chi connectivity index (χ0) is 14.9. The van der Waals surface area contributed by atoms with E-state index in [9.17, 15) is 8.42 Å². The van der Waals surface area contributed by atoms with Gasteiger partial charge in [-0.25, -0.2) is 18.5 Å². The highest BCUT2D eigenvalue weighted by Gasteiger charge is 2.16. The summed E-state index contributed by atoms with van der Waals surface area (Å²) in [4.78, 5) is 4.08. The molecule has 8 heteroatoms. The lowest BCUT2D eigenvalue weighted by Gasteiger charge is -2.07. The van der Waals surface area contributed by atoms with Gasteiger partial charge in [0.2, 0.25) is 0 Å². The first-order valence-corrected chi connectivity index (χ1v) is 8.02. The van der Waals surface area contributed by atoms with Crippen LogP contribution in [0.4, 0.5) is 0 Å². The maximum Gasteiger partial charge on any atom is 0.257 e. The van der Waals surface area contributed by atoms with Crippen molar-refractivity contribution in [3.63, 3.8) is 0 Å². The minimum atomic E-state index is -3.77. The van der Waals surface area contributed by atoms with Gasteiger partial charge in [-0.2, -0.15) is 5.10 Å². The quantitative estimate of drug-likeness (QED) is 0.877. The Labute approximate surface area is 118 Å². The topological polar surface area (TPSA) is 95.8 Å². The van der Waals surface area contributed by atoms with Gasteiger partial charge in [-0.05, 0) is 19.9 Å². The lowest BCUT2D eigenvalue weighted by molar-refractivity contribution is 0.588. The van der Waals surface area contributed by atoms with Crippen molar-refractivity contribution in [2.75, 3.05) is 0 Å². The summed E-state index contributed by atoms with van der Waals surface area (Å²) in [6.07, 6.45) is 2.12. The SMILES string of the molecule is CCc1nc(S(N)(=O)=O)cn1Cc1cc(C)nn1CC. The van der Waals surface area contributed by atoms with E-state index in [-0.39, 0.29) is 5.03 Å². The van der Waals surface area contributed by atoms with Crippen LogP contribution in [0.1, 0.15) is 31.1 Å². The first-order chi connectivity index (χ1) is 9.35. The fraction of sp³-hybridized carbons (Fsp3) is 0.500. The molecule has 0 bridgehead atoms. The summed E-state index contributed by atoms with van der Waals surface area (Å²) in [7, 11) is -3.77. The van der Waals surface area contributed by atoms with Gasteiger partial charge in [0, 0.05) is 19.2 Å². The molecule has 110 valence electrons. The predicted molar refractivity (Wildman–Crippen MR) is 74.7 cm³/mol. The highest BCUT2D eigenvalue weighted by atomic mass is 32.2. The molecule has 20 heavy (non-hydrogen) atoms.